The molecule has 0 atom stereocenters. The summed E-state index contributed by atoms with van der Waals surface area (Å²) in [6.45, 7) is 1.82. The molecule has 1 aromatic carbocycles. The molecule has 0 radical (unpaired) electrons. The van der Waals surface area contributed by atoms with E-state index in [2.05, 4.69) is 42.6 Å². The zero-order chi connectivity index (χ0) is 19.8. The van der Waals surface area contributed by atoms with Gasteiger partial charge < -0.3 is 10.3 Å². The Hall–Kier alpha value is -4.00. The number of H-pyrrole nitrogens is 2. The predicted molar refractivity (Wildman–Crippen MR) is 113 cm³/mol. The van der Waals surface area contributed by atoms with Gasteiger partial charge in [-0.15, -0.1) is 0 Å². The number of aromatic nitrogens is 5. The summed E-state index contributed by atoms with van der Waals surface area (Å²) in [6, 6.07) is 12.1. The number of carbonyl (C=O) groups is 1. The molecule has 0 saturated heterocycles. The fraction of sp³-hybridized carbons (Fsp3) is 0.0909. The lowest BCUT2D eigenvalue weighted by atomic mass is 10.0. The van der Waals surface area contributed by atoms with Crippen LogP contribution in [0.25, 0.3) is 44.3 Å². The van der Waals surface area contributed by atoms with Crippen molar-refractivity contribution in [2.75, 3.05) is 5.32 Å². The summed E-state index contributed by atoms with van der Waals surface area (Å²) in [6.07, 6.45) is 7.45. The van der Waals surface area contributed by atoms with Crippen molar-refractivity contribution in [1.29, 1.82) is 0 Å². The third-order valence-electron chi connectivity index (χ3n) is 4.92. The number of nitrogens with one attached hydrogen (secondary N) is 3. The van der Waals surface area contributed by atoms with E-state index in [0.717, 1.165) is 44.3 Å². The van der Waals surface area contributed by atoms with Crippen molar-refractivity contribution >= 4 is 33.4 Å². The molecular formula is C22H18N6O. The van der Waals surface area contributed by atoms with Gasteiger partial charge in [-0.25, -0.2) is 0 Å². The third-order valence-corrected chi connectivity index (χ3v) is 4.92. The van der Waals surface area contributed by atoms with Gasteiger partial charge in [0.2, 0.25) is 5.91 Å². The molecule has 29 heavy (non-hydrogen) atoms. The molecule has 142 valence electrons. The predicted octanol–water partition coefficient (Wildman–Crippen LogP) is 4.52. The first kappa shape index (κ1) is 17.1. The molecule has 0 aliphatic carbocycles. The summed E-state index contributed by atoms with van der Waals surface area (Å²) in [5.41, 5.74) is 6.30. The van der Waals surface area contributed by atoms with E-state index in [4.69, 9.17) is 0 Å². The minimum Gasteiger partial charge on any atom is -0.352 e. The number of benzene rings is 1. The quantitative estimate of drug-likeness (QED) is 0.426. The van der Waals surface area contributed by atoms with E-state index in [1.165, 1.54) is 0 Å². The number of hydrogen-bond acceptors (Lipinski definition) is 4. The van der Waals surface area contributed by atoms with Crippen LogP contribution in [0.15, 0.2) is 61.2 Å². The smallest absolute Gasteiger partial charge is 0.224 e. The molecular weight excluding hydrogens is 364 g/mol. The van der Waals surface area contributed by atoms with E-state index in [1.54, 1.807) is 24.8 Å². The summed E-state index contributed by atoms with van der Waals surface area (Å²) in [5, 5.41) is 12.6. The minimum atomic E-state index is -0.0372. The molecule has 1 amide bonds. The van der Waals surface area contributed by atoms with Crippen molar-refractivity contribution in [3.8, 4) is 22.5 Å². The SMILES string of the molecule is CCC(=O)Nc1cncc(-c2ccc3[nH]nc(-c4cc5ccncc5[nH]4)c3c2)c1. The zero-order valence-electron chi connectivity index (χ0n) is 15.7. The molecule has 0 aliphatic heterocycles. The number of nitrogens with zero attached hydrogens (tertiary/aromatic N) is 3. The number of fused-ring (bicyclic) bond motifs is 2. The summed E-state index contributed by atoms with van der Waals surface area (Å²) >= 11 is 0. The van der Waals surface area contributed by atoms with Crippen molar-refractivity contribution < 1.29 is 4.79 Å². The van der Waals surface area contributed by atoms with Crippen LogP contribution in [0, 0.1) is 0 Å². The number of aromatic amines is 2. The highest BCUT2D eigenvalue weighted by Gasteiger charge is 2.12. The van der Waals surface area contributed by atoms with E-state index in [0.29, 0.717) is 12.1 Å². The molecule has 0 bridgehead atoms. The van der Waals surface area contributed by atoms with Crippen molar-refractivity contribution in [2.24, 2.45) is 0 Å². The van der Waals surface area contributed by atoms with Crippen LogP contribution in [0.5, 0.6) is 0 Å². The van der Waals surface area contributed by atoms with Gasteiger partial charge in [-0.3, -0.25) is 19.9 Å². The van der Waals surface area contributed by atoms with Crippen LogP contribution in [-0.2, 0) is 4.79 Å². The topological polar surface area (TPSA) is 99.3 Å². The van der Waals surface area contributed by atoms with Crippen molar-refractivity contribution in [1.82, 2.24) is 25.1 Å². The second-order valence-corrected chi connectivity index (χ2v) is 6.84. The monoisotopic (exact) mass is 382 g/mol. The normalized spacial score (nSPS) is 11.2. The van der Waals surface area contributed by atoms with Gasteiger partial charge in [-0.05, 0) is 35.9 Å². The number of amides is 1. The Morgan fingerprint density at radius 2 is 1.93 bits per heavy atom. The molecule has 0 aliphatic rings. The Labute approximate surface area is 166 Å². The Balaban J connectivity index is 1.58. The summed E-state index contributed by atoms with van der Waals surface area (Å²) < 4.78 is 0. The molecule has 7 nitrogen and oxygen atoms in total. The summed E-state index contributed by atoms with van der Waals surface area (Å²) in [4.78, 5) is 23.5. The minimum absolute atomic E-state index is 0.0372. The van der Waals surface area contributed by atoms with Crippen molar-refractivity contribution in [3.63, 3.8) is 0 Å². The van der Waals surface area contributed by atoms with Crippen molar-refractivity contribution in [2.45, 2.75) is 13.3 Å². The van der Waals surface area contributed by atoms with Gasteiger partial charge in [0.05, 0.1) is 34.8 Å². The van der Waals surface area contributed by atoms with Gasteiger partial charge in [0.1, 0.15) is 5.69 Å². The lowest BCUT2D eigenvalue weighted by Crippen LogP contribution is -2.09. The largest absolute Gasteiger partial charge is 0.352 e. The van der Waals surface area contributed by atoms with Crippen LogP contribution in [0.2, 0.25) is 0 Å². The van der Waals surface area contributed by atoms with Crippen molar-refractivity contribution in [3.05, 3.63) is 61.2 Å². The molecule has 0 spiro atoms. The lowest BCUT2D eigenvalue weighted by Gasteiger charge is -2.06. The highest BCUT2D eigenvalue weighted by Crippen LogP contribution is 2.32. The Morgan fingerprint density at radius 3 is 2.79 bits per heavy atom. The molecule has 4 aromatic heterocycles. The molecule has 0 saturated carbocycles. The van der Waals surface area contributed by atoms with Gasteiger partial charge in [0.25, 0.3) is 0 Å². The fourth-order valence-electron chi connectivity index (χ4n) is 3.41. The van der Waals surface area contributed by atoms with E-state index in [9.17, 15) is 4.79 Å². The first-order valence-electron chi connectivity index (χ1n) is 9.38. The molecule has 5 rings (SSSR count). The second kappa shape index (κ2) is 6.87. The number of hydrogen-bond donors (Lipinski definition) is 3. The molecule has 0 fully saturated rings. The summed E-state index contributed by atoms with van der Waals surface area (Å²) in [5.74, 6) is -0.0372. The number of rotatable bonds is 4. The number of pyridine rings is 2. The van der Waals surface area contributed by atoms with E-state index >= 15 is 0 Å². The average Bonchev–Trinajstić information content (AvgIpc) is 3.37. The van der Waals surface area contributed by atoms with Gasteiger partial charge >= 0.3 is 0 Å². The first-order chi connectivity index (χ1) is 14.2. The van der Waals surface area contributed by atoms with Crippen LogP contribution < -0.4 is 5.32 Å². The van der Waals surface area contributed by atoms with E-state index in [-0.39, 0.29) is 5.91 Å². The van der Waals surface area contributed by atoms with Crippen LogP contribution in [-0.4, -0.2) is 31.1 Å². The number of anilines is 1. The van der Waals surface area contributed by atoms with Crippen LogP contribution >= 0.6 is 0 Å². The Bertz CT molecular complexity index is 1320. The second-order valence-electron chi connectivity index (χ2n) is 6.84. The van der Waals surface area contributed by atoms with Gasteiger partial charge in [0.15, 0.2) is 0 Å². The maximum absolute atomic E-state index is 11.7. The Morgan fingerprint density at radius 1 is 1.00 bits per heavy atom. The molecule has 7 heteroatoms. The van der Waals surface area contributed by atoms with Gasteiger partial charge in [-0.1, -0.05) is 13.0 Å². The van der Waals surface area contributed by atoms with Crippen LogP contribution in [0.3, 0.4) is 0 Å². The van der Waals surface area contributed by atoms with Crippen LogP contribution in [0.4, 0.5) is 5.69 Å². The zero-order valence-corrected chi connectivity index (χ0v) is 15.7. The van der Waals surface area contributed by atoms with Crippen LogP contribution in [0.1, 0.15) is 13.3 Å². The highest BCUT2D eigenvalue weighted by molar-refractivity contribution is 5.98. The molecule has 3 N–H and O–H groups in total. The lowest BCUT2D eigenvalue weighted by molar-refractivity contribution is -0.115. The third kappa shape index (κ3) is 3.12. The van der Waals surface area contributed by atoms with Gasteiger partial charge in [0, 0.05) is 35.2 Å². The first-order valence-corrected chi connectivity index (χ1v) is 9.38. The summed E-state index contributed by atoms with van der Waals surface area (Å²) in [7, 11) is 0. The molecule has 4 heterocycles. The molecule has 0 unspecified atom stereocenters. The molecule has 5 aromatic rings. The van der Waals surface area contributed by atoms with E-state index in [1.807, 2.05) is 31.2 Å². The Kier molecular flexibility index (Phi) is 4.05. The standard InChI is InChI=1S/C22H18N6O/c1-2-21(29)25-16-7-15(10-24-11-16)13-3-4-18-17(8-13)22(28-27-18)19-9-14-5-6-23-12-20(14)26-19/h3-12,26H,2H2,1H3,(H,25,29)(H,27,28). The fourth-order valence-corrected chi connectivity index (χ4v) is 3.41. The maximum Gasteiger partial charge on any atom is 0.224 e. The van der Waals surface area contributed by atoms with Gasteiger partial charge in [-0.2, -0.15) is 5.10 Å². The number of carbonyl (C=O) groups excluding carboxylic acids is 1. The van der Waals surface area contributed by atoms with E-state index < -0.39 is 0 Å². The average molecular weight is 382 g/mol. The maximum atomic E-state index is 11.7. The highest BCUT2D eigenvalue weighted by atomic mass is 16.1.